The smallest absolute Gasteiger partial charge is 0.268 e. The predicted octanol–water partition coefficient (Wildman–Crippen LogP) is 5.40. The van der Waals surface area contributed by atoms with Crippen LogP contribution >= 0.6 is 15.9 Å². The number of hydrogen-bond acceptors (Lipinski definition) is 4. The first kappa shape index (κ1) is 21.5. The van der Waals surface area contributed by atoms with Crippen molar-refractivity contribution in [2.24, 2.45) is 0 Å². The van der Waals surface area contributed by atoms with Crippen LogP contribution in [0.15, 0.2) is 88.8 Å². The summed E-state index contributed by atoms with van der Waals surface area (Å²) in [5, 5.41) is 5.09. The molecule has 0 bridgehead atoms. The van der Waals surface area contributed by atoms with Gasteiger partial charge in [0.1, 0.15) is 5.82 Å². The van der Waals surface area contributed by atoms with Crippen molar-refractivity contribution in [3.05, 3.63) is 101 Å². The fourth-order valence-corrected chi connectivity index (χ4v) is 5.31. The van der Waals surface area contributed by atoms with Gasteiger partial charge in [-0.3, -0.25) is 4.68 Å². The number of fused-ring (bicyclic) bond motifs is 1. The molecule has 0 amide bonds. The van der Waals surface area contributed by atoms with Crippen LogP contribution in [0, 0.1) is 12.7 Å². The minimum Gasteiger partial charge on any atom is -0.268 e. The Morgan fingerprint density at radius 3 is 2.45 bits per heavy atom. The van der Waals surface area contributed by atoms with Crippen LogP contribution in [0.25, 0.3) is 22.2 Å². The summed E-state index contributed by atoms with van der Waals surface area (Å²) in [6, 6.07) is 14.8. The van der Waals surface area contributed by atoms with Crippen LogP contribution < -0.4 is 0 Å². The molecule has 5 aromatic rings. The summed E-state index contributed by atoms with van der Waals surface area (Å²) in [5.74, 6) is -0.291. The van der Waals surface area contributed by atoms with Crippen molar-refractivity contribution in [3.63, 3.8) is 0 Å². The van der Waals surface area contributed by atoms with Gasteiger partial charge in [-0.1, -0.05) is 29.8 Å². The third-order valence-electron chi connectivity index (χ3n) is 5.36. The molecule has 0 aliphatic carbocycles. The Hall–Kier alpha value is -3.30. The number of aromatic nitrogens is 4. The van der Waals surface area contributed by atoms with Gasteiger partial charge in [-0.2, -0.15) is 5.10 Å². The topological polar surface area (TPSA) is 69.8 Å². The second kappa shape index (κ2) is 8.24. The van der Waals surface area contributed by atoms with Gasteiger partial charge in [0.05, 0.1) is 17.6 Å². The van der Waals surface area contributed by atoms with Crippen molar-refractivity contribution in [1.29, 1.82) is 0 Å². The molecule has 5 rings (SSSR count). The summed E-state index contributed by atoms with van der Waals surface area (Å²) in [6.07, 6.45) is 6.67. The average Bonchev–Trinajstić information content (AvgIpc) is 3.40. The highest BCUT2D eigenvalue weighted by Gasteiger charge is 2.23. The Kier molecular flexibility index (Phi) is 5.38. The van der Waals surface area contributed by atoms with Gasteiger partial charge in [0.15, 0.2) is 5.65 Å². The molecule has 0 spiro atoms. The van der Waals surface area contributed by atoms with Crippen molar-refractivity contribution < 1.29 is 12.8 Å². The molecule has 33 heavy (non-hydrogen) atoms. The number of halogens is 2. The van der Waals surface area contributed by atoms with Gasteiger partial charge in [-0.25, -0.2) is 21.8 Å². The predicted molar refractivity (Wildman–Crippen MR) is 128 cm³/mol. The normalized spacial score (nSPS) is 11.8. The van der Waals surface area contributed by atoms with Crippen LogP contribution in [0.2, 0.25) is 0 Å². The summed E-state index contributed by atoms with van der Waals surface area (Å²) < 4.78 is 43.7. The molecule has 0 saturated carbocycles. The van der Waals surface area contributed by atoms with E-state index in [4.69, 9.17) is 0 Å². The summed E-state index contributed by atoms with van der Waals surface area (Å²) >= 11 is 3.43. The molecule has 0 fully saturated rings. The van der Waals surface area contributed by atoms with E-state index in [0.29, 0.717) is 23.1 Å². The SMILES string of the molecule is Cc1ccc(S(=O)(=O)n2cc(-c3cnn(Cc4ccc(F)cc4)c3)c3cc(Br)cnc32)cc1. The van der Waals surface area contributed by atoms with Gasteiger partial charge >= 0.3 is 0 Å². The minimum absolute atomic E-state index is 0.188. The van der Waals surface area contributed by atoms with E-state index in [1.165, 1.54) is 16.1 Å². The number of hydrogen-bond donors (Lipinski definition) is 0. The molecular formula is C24H18BrFN4O2S. The first-order chi connectivity index (χ1) is 15.8. The first-order valence-electron chi connectivity index (χ1n) is 10.1. The van der Waals surface area contributed by atoms with E-state index in [-0.39, 0.29) is 10.7 Å². The van der Waals surface area contributed by atoms with Crippen molar-refractivity contribution in [2.45, 2.75) is 18.4 Å². The number of aryl methyl sites for hydroxylation is 1. The second-order valence-corrected chi connectivity index (χ2v) is 10.5. The van der Waals surface area contributed by atoms with E-state index >= 15 is 0 Å². The van der Waals surface area contributed by atoms with Crippen molar-refractivity contribution in [1.82, 2.24) is 18.7 Å². The Bertz CT molecular complexity index is 1570. The highest BCUT2D eigenvalue weighted by molar-refractivity contribution is 9.10. The maximum atomic E-state index is 13.4. The lowest BCUT2D eigenvalue weighted by atomic mass is 10.1. The quantitative estimate of drug-likeness (QED) is 0.309. The fourth-order valence-electron chi connectivity index (χ4n) is 3.66. The zero-order valence-corrected chi connectivity index (χ0v) is 19.9. The largest absolute Gasteiger partial charge is 0.269 e. The average molecular weight is 525 g/mol. The van der Waals surface area contributed by atoms with E-state index in [1.807, 2.05) is 19.2 Å². The van der Waals surface area contributed by atoms with Crippen LogP contribution in [0.3, 0.4) is 0 Å². The Morgan fingerprint density at radius 2 is 1.73 bits per heavy atom. The molecule has 6 nitrogen and oxygen atoms in total. The molecule has 0 N–H and O–H groups in total. The highest BCUT2D eigenvalue weighted by Crippen LogP contribution is 2.33. The molecule has 166 valence electrons. The second-order valence-electron chi connectivity index (χ2n) is 7.73. The van der Waals surface area contributed by atoms with Gasteiger partial charge in [0.25, 0.3) is 10.0 Å². The van der Waals surface area contributed by atoms with Gasteiger partial charge in [-0.15, -0.1) is 0 Å². The molecule has 0 atom stereocenters. The highest BCUT2D eigenvalue weighted by atomic mass is 79.9. The third-order valence-corrected chi connectivity index (χ3v) is 7.46. The van der Waals surface area contributed by atoms with Crippen LogP contribution in [0.5, 0.6) is 0 Å². The zero-order valence-electron chi connectivity index (χ0n) is 17.5. The van der Waals surface area contributed by atoms with Crippen molar-refractivity contribution in [2.75, 3.05) is 0 Å². The van der Waals surface area contributed by atoms with E-state index < -0.39 is 10.0 Å². The molecule has 3 aromatic heterocycles. The van der Waals surface area contributed by atoms with Crippen LogP contribution in [-0.2, 0) is 16.6 Å². The standard InChI is InChI=1S/C24H18BrFN4O2S/c1-16-2-8-21(9-3-16)33(31,32)30-15-23(22-10-19(25)12-27-24(22)30)18-11-28-29(14-18)13-17-4-6-20(26)7-5-17/h2-12,14-15H,13H2,1H3. The summed E-state index contributed by atoms with van der Waals surface area (Å²) in [4.78, 5) is 4.58. The van der Waals surface area contributed by atoms with Gasteiger partial charge in [0, 0.05) is 39.6 Å². The fraction of sp³-hybridized carbons (Fsp3) is 0.0833. The van der Waals surface area contributed by atoms with Crippen LogP contribution in [0.4, 0.5) is 4.39 Å². The monoisotopic (exact) mass is 524 g/mol. The maximum Gasteiger partial charge on any atom is 0.269 e. The number of nitrogens with zero attached hydrogens (tertiary/aromatic N) is 4. The molecule has 0 unspecified atom stereocenters. The minimum atomic E-state index is -3.85. The lowest BCUT2D eigenvalue weighted by Crippen LogP contribution is -2.12. The zero-order chi connectivity index (χ0) is 23.2. The Balaban J connectivity index is 1.60. The van der Waals surface area contributed by atoms with E-state index in [0.717, 1.165) is 21.2 Å². The summed E-state index contributed by atoms with van der Waals surface area (Å²) in [7, 11) is -3.85. The molecule has 9 heteroatoms. The van der Waals surface area contributed by atoms with Gasteiger partial charge in [-0.05, 0) is 58.7 Å². The summed E-state index contributed by atoms with van der Waals surface area (Å²) in [6.45, 7) is 2.37. The molecule has 3 heterocycles. The molecular weight excluding hydrogens is 507 g/mol. The Labute approximate surface area is 198 Å². The maximum absolute atomic E-state index is 13.4. The van der Waals surface area contributed by atoms with Gasteiger partial charge in [0.2, 0.25) is 0 Å². The van der Waals surface area contributed by atoms with Crippen LogP contribution in [0.1, 0.15) is 11.1 Å². The molecule has 0 saturated heterocycles. The molecule has 0 radical (unpaired) electrons. The van der Waals surface area contributed by atoms with E-state index in [1.54, 1.807) is 59.7 Å². The Morgan fingerprint density at radius 1 is 1.00 bits per heavy atom. The lowest BCUT2D eigenvalue weighted by Gasteiger charge is -2.07. The van der Waals surface area contributed by atoms with Crippen molar-refractivity contribution >= 4 is 37.0 Å². The van der Waals surface area contributed by atoms with Gasteiger partial charge < -0.3 is 0 Å². The lowest BCUT2D eigenvalue weighted by molar-refractivity contribution is 0.588. The van der Waals surface area contributed by atoms with Crippen molar-refractivity contribution in [3.8, 4) is 11.1 Å². The molecule has 0 aliphatic rings. The summed E-state index contributed by atoms with van der Waals surface area (Å²) in [5.41, 5.74) is 3.65. The third kappa shape index (κ3) is 4.09. The van der Waals surface area contributed by atoms with E-state index in [2.05, 4.69) is 26.0 Å². The van der Waals surface area contributed by atoms with E-state index in [9.17, 15) is 12.8 Å². The number of pyridine rings is 1. The number of benzene rings is 2. The van der Waals surface area contributed by atoms with Crippen LogP contribution in [-0.4, -0.2) is 27.2 Å². The molecule has 0 aliphatic heterocycles. The molecule has 2 aromatic carbocycles. The number of rotatable bonds is 5. The first-order valence-corrected chi connectivity index (χ1v) is 12.3.